The minimum absolute atomic E-state index is 0.298. The number of nitrogens with zero attached hydrogens (tertiary/aromatic N) is 1. The number of aromatic nitrogens is 2. The van der Waals surface area contributed by atoms with E-state index in [1.165, 1.54) is 0 Å². The van der Waals surface area contributed by atoms with Gasteiger partial charge in [0.25, 0.3) is 0 Å². The van der Waals surface area contributed by atoms with Crippen LogP contribution < -0.4 is 4.74 Å². The maximum Gasteiger partial charge on any atom is 0.357 e. The predicted molar refractivity (Wildman–Crippen MR) is 114 cm³/mol. The molecular weight excluding hydrogens is 364 g/mol. The molecule has 0 spiro atoms. The number of methoxy groups -OCH3 is 1. The Labute approximate surface area is 169 Å². The van der Waals surface area contributed by atoms with Gasteiger partial charge in [-0.25, -0.2) is 9.78 Å². The number of imidazole rings is 1. The molecule has 1 heterocycles. The van der Waals surface area contributed by atoms with Crippen LogP contribution in [0.5, 0.6) is 5.75 Å². The lowest BCUT2D eigenvalue weighted by molar-refractivity contribution is 0.0521. The molecule has 1 N–H and O–H groups in total. The SMILES string of the molecule is CCOC(=O)c1[nH]c(-c2ccc(OC)c3ccccc23)nc1-c1ccc(C)cc1. The van der Waals surface area contributed by atoms with Crippen LogP contribution in [0.15, 0.2) is 60.7 Å². The fraction of sp³-hybridized carbons (Fsp3) is 0.167. The van der Waals surface area contributed by atoms with Crippen LogP contribution in [0.2, 0.25) is 0 Å². The summed E-state index contributed by atoms with van der Waals surface area (Å²) in [6.07, 6.45) is 0. The van der Waals surface area contributed by atoms with Gasteiger partial charge in [-0.2, -0.15) is 0 Å². The number of hydrogen-bond donors (Lipinski definition) is 1. The molecule has 0 atom stereocenters. The third kappa shape index (κ3) is 3.47. The smallest absolute Gasteiger partial charge is 0.357 e. The zero-order chi connectivity index (χ0) is 20.4. The topological polar surface area (TPSA) is 64.2 Å². The Morgan fingerprint density at radius 2 is 1.72 bits per heavy atom. The summed E-state index contributed by atoms with van der Waals surface area (Å²) in [5, 5.41) is 1.98. The minimum Gasteiger partial charge on any atom is -0.496 e. The van der Waals surface area contributed by atoms with Crippen molar-refractivity contribution in [2.24, 2.45) is 0 Å². The molecule has 0 aliphatic rings. The van der Waals surface area contributed by atoms with Crippen LogP contribution in [-0.2, 0) is 4.74 Å². The highest BCUT2D eigenvalue weighted by Crippen LogP contribution is 2.35. The Kier molecular flexibility index (Phi) is 5.04. The predicted octanol–water partition coefficient (Wildman–Crippen LogP) is 5.39. The lowest BCUT2D eigenvalue weighted by Gasteiger charge is -2.08. The number of hydrogen-bond acceptors (Lipinski definition) is 4. The van der Waals surface area contributed by atoms with Gasteiger partial charge in [0.2, 0.25) is 0 Å². The number of fused-ring (bicyclic) bond motifs is 1. The van der Waals surface area contributed by atoms with Gasteiger partial charge in [-0.3, -0.25) is 0 Å². The summed E-state index contributed by atoms with van der Waals surface area (Å²) in [5.74, 6) is 0.988. The Morgan fingerprint density at radius 3 is 2.41 bits per heavy atom. The van der Waals surface area contributed by atoms with Crippen LogP contribution in [0, 0.1) is 6.92 Å². The van der Waals surface area contributed by atoms with Gasteiger partial charge in [0.15, 0.2) is 5.69 Å². The first-order valence-corrected chi connectivity index (χ1v) is 9.52. The molecule has 0 unspecified atom stereocenters. The van der Waals surface area contributed by atoms with Crippen molar-refractivity contribution in [3.05, 3.63) is 71.9 Å². The van der Waals surface area contributed by atoms with Crippen LogP contribution in [0.25, 0.3) is 33.4 Å². The second-order valence-corrected chi connectivity index (χ2v) is 6.76. The molecule has 0 saturated carbocycles. The zero-order valence-corrected chi connectivity index (χ0v) is 16.7. The van der Waals surface area contributed by atoms with Gasteiger partial charge >= 0.3 is 5.97 Å². The van der Waals surface area contributed by atoms with Gasteiger partial charge in [0, 0.05) is 16.5 Å². The van der Waals surface area contributed by atoms with E-state index in [4.69, 9.17) is 14.5 Å². The molecule has 1 aromatic heterocycles. The van der Waals surface area contributed by atoms with E-state index in [2.05, 4.69) is 4.98 Å². The molecule has 0 fully saturated rings. The van der Waals surface area contributed by atoms with Crippen molar-refractivity contribution >= 4 is 16.7 Å². The summed E-state index contributed by atoms with van der Waals surface area (Å²) in [5.41, 5.74) is 3.83. The molecule has 4 rings (SSSR count). The maximum atomic E-state index is 12.6. The standard InChI is InChI=1S/C24H22N2O3/c1-4-29-24(27)22-21(16-11-9-15(2)10-12-16)25-23(26-22)19-13-14-20(28-3)18-8-6-5-7-17(18)19/h5-14H,4H2,1-3H3,(H,25,26). The first-order valence-electron chi connectivity index (χ1n) is 9.52. The van der Waals surface area contributed by atoms with E-state index in [1.54, 1.807) is 14.0 Å². The molecule has 0 bridgehead atoms. The molecule has 4 aromatic rings. The van der Waals surface area contributed by atoms with E-state index < -0.39 is 5.97 Å². The highest BCUT2D eigenvalue weighted by atomic mass is 16.5. The van der Waals surface area contributed by atoms with Crippen molar-refractivity contribution in [3.63, 3.8) is 0 Å². The molecule has 0 aliphatic heterocycles. The second-order valence-electron chi connectivity index (χ2n) is 6.76. The maximum absolute atomic E-state index is 12.6. The van der Waals surface area contributed by atoms with Gasteiger partial charge < -0.3 is 14.5 Å². The normalized spacial score (nSPS) is 10.9. The van der Waals surface area contributed by atoms with Crippen LogP contribution >= 0.6 is 0 Å². The Bertz CT molecular complexity index is 1180. The number of aryl methyl sites for hydroxylation is 1. The van der Waals surface area contributed by atoms with Gasteiger partial charge in [0.1, 0.15) is 17.3 Å². The number of H-pyrrole nitrogens is 1. The lowest BCUT2D eigenvalue weighted by Crippen LogP contribution is -2.06. The van der Waals surface area contributed by atoms with E-state index >= 15 is 0 Å². The number of carbonyl (C=O) groups is 1. The number of ether oxygens (including phenoxy) is 2. The van der Waals surface area contributed by atoms with Crippen LogP contribution in [0.3, 0.4) is 0 Å². The van der Waals surface area contributed by atoms with Crippen LogP contribution in [-0.4, -0.2) is 29.7 Å². The zero-order valence-electron chi connectivity index (χ0n) is 16.7. The first kappa shape index (κ1) is 18.7. The largest absolute Gasteiger partial charge is 0.496 e. The van der Waals surface area contributed by atoms with E-state index in [0.717, 1.165) is 33.2 Å². The molecule has 5 nitrogen and oxygen atoms in total. The quantitative estimate of drug-likeness (QED) is 0.467. The van der Waals surface area contributed by atoms with Gasteiger partial charge in [-0.05, 0) is 31.4 Å². The van der Waals surface area contributed by atoms with Crippen molar-refractivity contribution in [3.8, 4) is 28.4 Å². The van der Waals surface area contributed by atoms with Crippen molar-refractivity contribution in [1.82, 2.24) is 9.97 Å². The molecular formula is C24H22N2O3. The van der Waals surface area contributed by atoms with Crippen LogP contribution in [0.4, 0.5) is 0 Å². The number of nitrogens with one attached hydrogen (secondary N) is 1. The molecule has 29 heavy (non-hydrogen) atoms. The van der Waals surface area contributed by atoms with Gasteiger partial charge in [-0.15, -0.1) is 0 Å². The number of rotatable bonds is 5. The highest BCUT2D eigenvalue weighted by molar-refractivity contribution is 6.01. The fourth-order valence-corrected chi connectivity index (χ4v) is 3.43. The molecule has 0 radical (unpaired) electrons. The summed E-state index contributed by atoms with van der Waals surface area (Å²) in [7, 11) is 1.66. The van der Waals surface area contributed by atoms with Gasteiger partial charge in [0.05, 0.1) is 13.7 Å². The van der Waals surface area contributed by atoms with E-state index in [1.807, 2.05) is 67.6 Å². The molecule has 0 amide bonds. The molecule has 0 saturated heterocycles. The lowest BCUT2D eigenvalue weighted by atomic mass is 10.0. The van der Waals surface area contributed by atoms with Crippen molar-refractivity contribution in [1.29, 1.82) is 0 Å². The average Bonchev–Trinajstić information content (AvgIpc) is 3.19. The van der Waals surface area contributed by atoms with Crippen molar-refractivity contribution in [2.45, 2.75) is 13.8 Å². The highest BCUT2D eigenvalue weighted by Gasteiger charge is 2.21. The second kappa shape index (κ2) is 7.80. The first-order chi connectivity index (χ1) is 14.1. The number of esters is 1. The summed E-state index contributed by atoms with van der Waals surface area (Å²) in [4.78, 5) is 20.6. The van der Waals surface area contributed by atoms with Gasteiger partial charge in [-0.1, -0.05) is 54.1 Å². The third-order valence-electron chi connectivity index (χ3n) is 4.87. The average molecular weight is 386 g/mol. The van der Waals surface area contributed by atoms with E-state index in [0.29, 0.717) is 23.8 Å². The number of aromatic amines is 1. The molecule has 0 aliphatic carbocycles. The van der Waals surface area contributed by atoms with Crippen molar-refractivity contribution < 1.29 is 14.3 Å². The number of benzene rings is 3. The van der Waals surface area contributed by atoms with E-state index in [9.17, 15) is 4.79 Å². The Morgan fingerprint density at radius 1 is 1.00 bits per heavy atom. The monoisotopic (exact) mass is 386 g/mol. The van der Waals surface area contributed by atoms with Crippen LogP contribution in [0.1, 0.15) is 23.0 Å². The molecule has 146 valence electrons. The molecule has 5 heteroatoms. The summed E-state index contributed by atoms with van der Waals surface area (Å²) >= 11 is 0. The summed E-state index contributed by atoms with van der Waals surface area (Å²) in [6, 6.07) is 19.8. The summed E-state index contributed by atoms with van der Waals surface area (Å²) < 4.78 is 10.8. The summed E-state index contributed by atoms with van der Waals surface area (Å²) in [6.45, 7) is 4.11. The van der Waals surface area contributed by atoms with Crippen molar-refractivity contribution in [2.75, 3.05) is 13.7 Å². The number of carbonyl (C=O) groups excluding carboxylic acids is 1. The third-order valence-corrected chi connectivity index (χ3v) is 4.87. The Hall–Kier alpha value is -3.60. The Balaban J connectivity index is 1.92. The fourth-order valence-electron chi connectivity index (χ4n) is 3.43. The molecule has 3 aromatic carbocycles. The van der Waals surface area contributed by atoms with E-state index in [-0.39, 0.29) is 0 Å². The minimum atomic E-state index is -0.417.